The predicted molar refractivity (Wildman–Crippen MR) is 269 cm³/mol. The SMILES string of the molecule is c1ccc(-c2cc(-c3ccccc3)c(-c3ccc(N(c4ccccc4)c4ccc(-c5cc(-c6ccc7ccccc7c6)c6ccccc6c5)cc4)cc3)c(-c3ccccc3)c2)cc1. The van der Waals surface area contributed by atoms with E-state index in [4.69, 9.17) is 0 Å². The monoisotopic (exact) mass is 801 g/mol. The lowest BCUT2D eigenvalue weighted by Crippen LogP contribution is -2.09. The summed E-state index contributed by atoms with van der Waals surface area (Å²) in [4.78, 5) is 2.35. The number of para-hydroxylation sites is 1. The third kappa shape index (κ3) is 7.47. The van der Waals surface area contributed by atoms with E-state index in [2.05, 4.69) is 266 Å². The highest BCUT2D eigenvalue weighted by atomic mass is 15.1. The van der Waals surface area contributed by atoms with Crippen molar-refractivity contribution in [3.8, 4) is 66.8 Å². The Balaban J connectivity index is 1.00. The molecule has 11 aromatic rings. The van der Waals surface area contributed by atoms with Crippen molar-refractivity contribution >= 4 is 38.6 Å². The van der Waals surface area contributed by atoms with Crippen molar-refractivity contribution in [2.45, 2.75) is 0 Å². The van der Waals surface area contributed by atoms with Crippen LogP contribution in [0.15, 0.2) is 261 Å². The smallest absolute Gasteiger partial charge is 0.0462 e. The number of anilines is 3. The maximum atomic E-state index is 2.36. The van der Waals surface area contributed by atoms with Crippen LogP contribution < -0.4 is 4.90 Å². The molecule has 0 unspecified atom stereocenters. The van der Waals surface area contributed by atoms with E-state index >= 15 is 0 Å². The van der Waals surface area contributed by atoms with Crippen molar-refractivity contribution < 1.29 is 0 Å². The minimum absolute atomic E-state index is 1.09. The van der Waals surface area contributed by atoms with Crippen molar-refractivity contribution in [2.75, 3.05) is 4.90 Å². The molecule has 0 fully saturated rings. The van der Waals surface area contributed by atoms with Crippen LogP contribution in [0.2, 0.25) is 0 Å². The van der Waals surface area contributed by atoms with Crippen molar-refractivity contribution in [3.05, 3.63) is 261 Å². The first-order valence-electron chi connectivity index (χ1n) is 21.7. The van der Waals surface area contributed by atoms with Crippen LogP contribution in [-0.4, -0.2) is 0 Å². The second-order valence-corrected chi connectivity index (χ2v) is 16.1. The molecule has 0 aliphatic rings. The molecule has 0 aliphatic heterocycles. The van der Waals surface area contributed by atoms with Gasteiger partial charge in [-0.05, 0) is 155 Å². The summed E-state index contributed by atoms with van der Waals surface area (Å²) in [5.74, 6) is 0. The van der Waals surface area contributed by atoms with Gasteiger partial charge in [-0.1, -0.05) is 194 Å². The van der Waals surface area contributed by atoms with Gasteiger partial charge in [-0.15, -0.1) is 0 Å². The van der Waals surface area contributed by atoms with E-state index in [1.165, 1.54) is 82.7 Å². The van der Waals surface area contributed by atoms with Crippen LogP contribution in [0.1, 0.15) is 0 Å². The summed E-state index contributed by atoms with van der Waals surface area (Å²) in [6.45, 7) is 0. The molecular formula is C62H43N. The van der Waals surface area contributed by atoms with Gasteiger partial charge in [-0.25, -0.2) is 0 Å². The zero-order valence-corrected chi connectivity index (χ0v) is 34.8. The summed E-state index contributed by atoms with van der Waals surface area (Å²) in [5, 5.41) is 4.98. The Hall–Kier alpha value is -8.26. The van der Waals surface area contributed by atoms with E-state index in [1.54, 1.807) is 0 Å². The predicted octanol–water partition coefficient (Wildman–Crippen LogP) is 17.5. The molecule has 11 aromatic carbocycles. The normalized spacial score (nSPS) is 11.2. The third-order valence-corrected chi connectivity index (χ3v) is 12.2. The molecule has 0 amide bonds. The lowest BCUT2D eigenvalue weighted by Gasteiger charge is -2.26. The Labute approximate surface area is 369 Å². The zero-order valence-electron chi connectivity index (χ0n) is 34.8. The Morgan fingerprint density at radius 1 is 0.206 bits per heavy atom. The highest BCUT2D eigenvalue weighted by molar-refractivity contribution is 6.02. The highest BCUT2D eigenvalue weighted by Gasteiger charge is 2.19. The van der Waals surface area contributed by atoms with Gasteiger partial charge < -0.3 is 4.90 Å². The van der Waals surface area contributed by atoms with Gasteiger partial charge in [0.15, 0.2) is 0 Å². The van der Waals surface area contributed by atoms with Gasteiger partial charge in [0, 0.05) is 17.1 Å². The molecule has 0 aromatic heterocycles. The van der Waals surface area contributed by atoms with Crippen LogP contribution in [0, 0.1) is 0 Å². The molecule has 1 heteroatoms. The summed E-state index contributed by atoms with van der Waals surface area (Å²) >= 11 is 0. The molecular weight excluding hydrogens is 759 g/mol. The van der Waals surface area contributed by atoms with Gasteiger partial charge in [0.1, 0.15) is 0 Å². The molecule has 296 valence electrons. The van der Waals surface area contributed by atoms with E-state index in [0.29, 0.717) is 0 Å². The number of benzene rings is 11. The fourth-order valence-electron chi connectivity index (χ4n) is 9.12. The number of hydrogen-bond donors (Lipinski definition) is 0. The summed E-state index contributed by atoms with van der Waals surface area (Å²) in [6, 6.07) is 94.7. The van der Waals surface area contributed by atoms with Crippen molar-refractivity contribution in [2.24, 2.45) is 0 Å². The maximum absolute atomic E-state index is 2.36. The van der Waals surface area contributed by atoms with Crippen molar-refractivity contribution in [1.29, 1.82) is 0 Å². The molecule has 1 nitrogen and oxygen atoms in total. The average Bonchev–Trinajstić information content (AvgIpc) is 3.37. The molecule has 63 heavy (non-hydrogen) atoms. The first kappa shape index (κ1) is 37.7. The zero-order chi connectivity index (χ0) is 42.0. The first-order valence-corrected chi connectivity index (χ1v) is 21.7. The lowest BCUT2D eigenvalue weighted by atomic mass is 9.84. The lowest BCUT2D eigenvalue weighted by molar-refractivity contribution is 1.28. The van der Waals surface area contributed by atoms with Crippen LogP contribution in [0.25, 0.3) is 88.3 Å². The molecule has 0 atom stereocenters. The Morgan fingerprint density at radius 3 is 1.21 bits per heavy atom. The quantitative estimate of drug-likeness (QED) is 0.141. The van der Waals surface area contributed by atoms with Crippen LogP contribution in [0.3, 0.4) is 0 Å². The minimum atomic E-state index is 1.09. The first-order chi connectivity index (χ1) is 31.2. The summed E-state index contributed by atoms with van der Waals surface area (Å²) in [7, 11) is 0. The molecule has 0 bridgehead atoms. The second-order valence-electron chi connectivity index (χ2n) is 16.1. The molecule has 0 saturated heterocycles. The van der Waals surface area contributed by atoms with Gasteiger partial charge in [0.25, 0.3) is 0 Å². The number of rotatable bonds is 9. The molecule has 0 aliphatic carbocycles. The van der Waals surface area contributed by atoms with Gasteiger partial charge in [-0.3, -0.25) is 0 Å². The van der Waals surface area contributed by atoms with Gasteiger partial charge >= 0.3 is 0 Å². The van der Waals surface area contributed by atoms with E-state index in [-0.39, 0.29) is 0 Å². The van der Waals surface area contributed by atoms with Gasteiger partial charge in [0.05, 0.1) is 0 Å². The van der Waals surface area contributed by atoms with Crippen LogP contribution in [0.4, 0.5) is 17.1 Å². The van der Waals surface area contributed by atoms with E-state index in [9.17, 15) is 0 Å². The molecule has 0 radical (unpaired) electrons. The third-order valence-electron chi connectivity index (χ3n) is 12.2. The molecule has 11 rings (SSSR count). The van der Waals surface area contributed by atoms with Gasteiger partial charge in [0.2, 0.25) is 0 Å². The van der Waals surface area contributed by atoms with Crippen LogP contribution in [-0.2, 0) is 0 Å². The molecule has 0 heterocycles. The second kappa shape index (κ2) is 16.7. The van der Waals surface area contributed by atoms with Gasteiger partial charge in [-0.2, -0.15) is 0 Å². The average molecular weight is 802 g/mol. The highest BCUT2D eigenvalue weighted by Crippen LogP contribution is 2.45. The molecule has 0 N–H and O–H groups in total. The minimum Gasteiger partial charge on any atom is -0.311 e. The van der Waals surface area contributed by atoms with Crippen LogP contribution in [0.5, 0.6) is 0 Å². The van der Waals surface area contributed by atoms with Crippen molar-refractivity contribution in [1.82, 2.24) is 0 Å². The topological polar surface area (TPSA) is 3.24 Å². The summed E-state index contributed by atoms with van der Waals surface area (Å²) < 4.78 is 0. The van der Waals surface area contributed by atoms with Crippen LogP contribution >= 0.6 is 0 Å². The summed E-state index contributed by atoms with van der Waals surface area (Å²) in [6.07, 6.45) is 0. The van der Waals surface area contributed by atoms with E-state index < -0.39 is 0 Å². The molecule has 0 spiro atoms. The fraction of sp³-hybridized carbons (Fsp3) is 0. The van der Waals surface area contributed by atoms with E-state index in [0.717, 1.165) is 22.6 Å². The standard InChI is InChI=1S/C62H43N/c1-5-17-44(18-6-1)54-42-60(47-20-7-2-8-21-47)62(61(43-54)48-22-9-3-10-23-48)49-33-37-57(38-34-49)63(55-26-11-4-12-27-55)56-35-31-46(32-36-56)53-40-51-25-15-16-28-58(51)59(41-53)52-30-29-45-19-13-14-24-50(45)39-52/h1-43H. The Morgan fingerprint density at radius 2 is 0.603 bits per heavy atom. The Bertz CT molecular complexity index is 3280. The summed E-state index contributed by atoms with van der Waals surface area (Å²) in [5.41, 5.74) is 17.7. The fourth-order valence-corrected chi connectivity index (χ4v) is 9.12. The number of nitrogens with zero attached hydrogens (tertiary/aromatic N) is 1. The molecule has 0 saturated carbocycles. The number of hydrogen-bond acceptors (Lipinski definition) is 1. The van der Waals surface area contributed by atoms with E-state index in [1.807, 2.05) is 0 Å². The van der Waals surface area contributed by atoms with Crippen molar-refractivity contribution in [3.63, 3.8) is 0 Å². The largest absolute Gasteiger partial charge is 0.311 e. The Kier molecular flexibility index (Phi) is 9.97. The number of fused-ring (bicyclic) bond motifs is 2. The maximum Gasteiger partial charge on any atom is 0.0462 e.